The van der Waals surface area contributed by atoms with Gasteiger partial charge in [0.2, 0.25) is 0 Å². The Morgan fingerprint density at radius 1 is 1.10 bits per heavy atom. The SMILES string of the molecule is CCOC(=O)c1cc(C(=O)OCC)c(C(F)(F)F)nc1C. The molecule has 0 aromatic carbocycles. The van der Waals surface area contributed by atoms with Crippen molar-refractivity contribution in [2.45, 2.75) is 26.9 Å². The normalized spacial score (nSPS) is 11.1. The first kappa shape index (κ1) is 16.9. The second kappa shape index (κ2) is 6.55. The highest BCUT2D eigenvalue weighted by Crippen LogP contribution is 2.32. The number of pyridine rings is 1. The molecule has 21 heavy (non-hydrogen) atoms. The molecule has 1 heterocycles. The van der Waals surface area contributed by atoms with Crippen molar-refractivity contribution in [2.75, 3.05) is 13.2 Å². The highest BCUT2D eigenvalue weighted by molar-refractivity contribution is 5.96. The van der Waals surface area contributed by atoms with Gasteiger partial charge in [-0.1, -0.05) is 0 Å². The van der Waals surface area contributed by atoms with Crippen LogP contribution in [0, 0.1) is 6.92 Å². The van der Waals surface area contributed by atoms with E-state index < -0.39 is 29.4 Å². The lowest BCUT2D eigenvalue weighted by Crippen LogP contribution is -2.20. The summed E-state index contributed by atoms with van der Waals surface area (Å²) in [5.74, 6) is -2.04. The minimum Gasteiger partial charge on any atom is -0.462 e. The van der Waals surface area contributed by atoms with Gasteiger partial charge in [-0.25, -0.2) is 14.6 Å². The van der Waals surface area contributed by atoms with Crippen molar-refractivity contribution in [1.82, 2.24) is 4.98 Å². The minimum atomic E-state index is -4.83. The van der Waals surface area contributed by atoms with Crippen LogP contribution in [0.4, 0.5) is 13.2 Å². The number of carbonyl (C=O) groups is 2. The minimum absolute atomic E-state index is 0.0496. The van der Waals surface area contributed by atoms with Gasteiger partial charge < -0.3 is 9.47 Å². The van der Waals surface area contributed by atoms with E-state index in [4.69, 9.17) is 4.74 Å². The van der Waals surface area contributed by atoms with E-state index in [9.17, 15) is 22.8 Å². The third kappa shape index (κ3) is 3.93. The van der Waals surface area contributed by atoms with E-state index >= 15 is 0 Å². The Morgan fingerprint density at radius 2 is 1.57 bits per heavy atom. The molecule has 0 saturated carbocycles. The first-order chi connectivity index (χ1) is 9.72. The van der Waals surface area contributed by atoms with E-state index in [0.29, 0.717) is 0 Å². The fraction of sp³-hybridized carbons (Fsp3) is 0.462. The van der Waals surface area contributed by atoms with Gasteiger partial charge in [0.05, 0.1) is 30.0 Å². The zero-order chi connectivity index (χ0) is 16.2. The first-order valence-electron chi connectivity index (χ1n) is 6.15. The second-order valence-corrected chi connectivity index (χ2v) is 3.96. The molecule has 1 aromatic rings. The molecule has 0 radical (unpaired) electrons. The van der Waals surface area contributed by atoms with Gasteiger partial charge in [-0.15, -0.1) is 0 Å². The van der Waals surface area contributed by atoms with Crippen LogP contribution in [-0.2, 0) is 15.7 Å². The molecule has 1 aromatic heterocycles. The fourth-order valence-corrected chi connectivity index (χ4v) is 1.60. The van der Waals surface area contributed by atoms with Gasteiger partial charge in [-0.2, -0.15) is 13.2 Å². The number of hydrogen-bond acceptors (Lipinski definition) is 5. The number of halogens is 3. The van der Waals surface area contributed by atoms with Gasteiger partial charge in [0.1, 0.15) is 0 Å². The summed E-state index contributed by atoms with van der Waals surface area (Å²) in [6.07, 6.45) is -4.83. The van der Waals surface area contributed by atoms with E-state index in [-0.39, 0.29) is 24.5 Å². The van der Waals surface area contributed by atoms with Crippen molar-refractivity contribution in [3.8, 4) is 0 Å². The maximum atomic E-state index is 12.9. The molecule has 0 unspecified atom stereocenters. The van der Waals surface area contributed by atoms with Crippen molar-refractivity contribution >= 4 is 11.9 Å². The van der Waals surface area contributed by atoms with Crippen molar-refractivity contribution in [1.29, 1.82) is 0 Å². The number of aryl methyl sites for hydroxylation is 1. The quantitative estimate of drug-likeness (QED) is 0.800. The molecule has 5 nitrogen and oxygen atoms in total. The van der Waals surface area contributed by atoms with E-state index in [2.05, 4.69) is 9.72 Å². The summed E-state index contributed by atoms with van der Waals surface area (Å²) in [4.78, 5) is 26.6. The average Bonchev–Trinajstić information content (AvgIpc) is 2.37. The maximum Gasteiger partial charge on any atom is 0.434 e. The lowest BCUT2D eigenvalue weighted by Gasteiger charge is -2.14. The number of esters is 2. The van der Waals surface area contributed by atoms with Crippen molar-refractivity contribution in [2.24, 2.45) is 0 Å². The predicted octanol–water partition coefficient (Wildman–Crippen LogP) is 2.76. The Labute approximate surface area is 119 Å². The third-order valence-electron chi connectivity index (χ3n) is 2.47. The summed E-state index contributed by atoms with van der Waals surface area (Å²) in [5, 5.41) is 0. The predicted molar refractivity (Wildman–Crippen MR) is 65.9 cm³/mol. The van der Waals surface area contributed by atoms with Gasteiger partial charge in [-0.05, 0) is 26.8 Å². The number of ether oxygens (including phenoxy) is 2. The molecule has 0 fully saturated rings. The third-order valence-corrected chi connectivity index (χ3v) is 2.47. The lowest BCUT2D eigenvalue weighted by molar-refractivity contribution is -0.141. The molecule has 1 rings (SSSR count). The van der Waals surface area contributed by atoms with Crippen LogP contribution in [0.3, 0.4) is 0 Å². The molecule has 8 heteroatoms. The molecule has 0 atom stereocenters. The smallest absolute Gasteiger partial charge is 0.434 e. The van der Waals surface area contributed by atoms with Crippen LogP contribution in [0.15, 0.2) is 6.07 Å². The number of aromatic nitrogens is 1. The summed E-state index contributed by atoms with van der Waals surface area (Å²) in [6, 6.07) is 0.807. The zero-order valence-electron chi connectivity index (χ0n) is 11.7. The van der Waals surface area contributed by atoms with Crippen molar-refractivity contribution in [3.63, 3.8) is 0 Å². The molecule has 0 saturated heterocycles. The molecule has 0 aliphatic rings. The Morgan fingerprint density at radius 3 is 2.00 bits per heavy atom. The average molecular weight is 305 g/mol. The molecule has 0 bridgehead atoms. The van der Waals surface area contributed by atoms with Gasteiger partial charge in [0.25, 0.3) is 0 Å². The van der Waals surface area contributed by atoms with Crippen LogP contribution in [0.2, 0.25) is 0 Å². The van der Waals surface area contributed by atoms with E-state index in [1.807, 2.05) is 0 Å². The Hall–Kier alpha value is -2.12. The number of alkyl halides is 3. The van der Waals surface area contributed by atoms with E-state index in [1.54, 1.807) is 6.92 Å². The standard InChI is InChI=1S/C13H14F3NO4/c1-4-20-11(18)8-6-9(12(19)21-5-2)10(13(14,15)16)17-7(8)3/h6H,4-5H2,1-3H3. The Balaban J connectivity index is 3.45. The molecule has 0 N–H and O–H groups in total. The van der Waals surface area contributed by atoms with Crippen molar-refractivity contribution < 1.29 is 32.2 Å². The van der Waals surface area contributed by atoms with Gasteiger partial charge in [0.15, 0.2) is 5.69 Å². The van der Waals surface area contributed by atoms with Crippen LogP contribution in [0.1, 0.15) is 46.0 Å². The largest absolute Gasteiger partial charge is 0.462 e. The summed E-state index contributed by atoms with van der Waals surface area (Å²) >= 11 is 0. The molecule has 0 aliphatic carbocycles. The highest BCUT2D eigenvalue weighted by Gasteiger charge is 2.39. The molecular formula is C13H14F3NO4. The van der Waals surface area contributed by atoms with Gasteiger partial charge in [-0.3, -0.25) is 0 Å². The van der Waals surface area contributed by atoms with Gasteiger partial charge >= 0.3 is 18.1 Å². The molecule has 116 valence electrons. The zero-order valence-corrected chi connectivity index (χ0v) is 11.7. The van der Waals surface area contributed by atoms with Crippen molar-refractivity contribution in [3.05, 3.63) is 28.6 Å². The van der Waals surface area contributed by atoms with Crippen LogP contribution in [-0.4, -0.2) is 30.1 Å². The molecule has 0 amide bonds. The molecular weight excluding hydrogens is 291 g/mol. The van der Waals surface area contributed by atoms with E-state index in [1.165, 1.54) is 13.8 Å². The monoisotopic (exact) mass is 305 g/mol. The Kier molecular flexibility index (Phi) is 5.28. The maximum absolute atomic E-state index is 12.9. The second-order valence-electron chi connectivity index (χ2n) is 3.96. The number of hydrogen-bond donors (Lipinski definition) is 0. The molecule has 0 spiro atoms. The van der Waals surface area contributed by atoms with Crippen LogP contribution >= 0.6 is 0 Å². The van der Waals surface area contributed by atoms with Gasteiger partial charge in [0, 0.05) is 0 Å². The molecule has 0 aliphatic heterocycles. The number of nitrogens with zero attached hydrogens (tertiary/aromatic N) is 1. The fourth-order valence-electron chi connectivity index (χ4n) is 1.60. The topological polar surface area (TPSA) is 65.5 Å². The Bertz CT molecular complexity index is 555. The number of carbonyl (C=O) groups excluding carboxylic acids is 2. The summed E-state index contributed by atoms with van der Waals surface area (Å²) < 4.78 is 48.1. The lowest BCUT2D eigenvalue weighted by atomic mass is 10.1. The summed E-state index contributed by atoms with van der Waals surface area (Å²) in [6.45, 7) is 4.19. The summed E-state index contributed by atoms with van der Waals surface area (Å²) in [7, 11) is 0. The van der Waals surface area contributed by atoms with Crippen LogP contribution in [0.25, 0.3) is 0 Å². The highest BCUT2D eigenvalue weighted by atomic mass is 19.4. The van der Waals surface area contributed by atoms with Crippen LogP contribution < -0.4 is 0 Å². The first-order valence-corrected chi connectivity index (χ1v) is 6.15. The summed E-state index contributed by atoms with van der Waals surface area (Å²) in [5.41, 5.74) is -2.56. The van der Waals surface area contributed by atoms with Crippen LogP contribution in [0.5, 0.6) is 0 Å². The number of rotatable bonds is 4. The van der Waals surface area contributed by atoms with E-state index in [0.717, 1.165) is 6.07 Å².